The van der Waals surface area contributed by atoms with Gasteiger partial charge in [0.1, 0.15) is 22.7 Å². The maximum Gasteiger partial charge on any atom is 0.246 e. The van der Waals surface area contributed by atoms with Crippen molar-refractivity contribution in [2.75, 3.05) is 64.3 Å². The molecule has 13 heteroatoms. The van der Waals surface area contributed by atoms with E-state index >= 15 is 0 Å². The lowest BCUT2D eigenvalue weighted by atomic mass is 9.99. The van der Waals surface area contributed by atoms with E-state index in [1.807, 2.05) is 33.0 Å². The third kappa shape index (κ3) is 7.03. The molecule has 4 heterocycles. The molecule has 0 radical (unpaired) electrons. The second-order valence-corrected chi connectivity index (χ2v) is 13.3. The molecular weight excluding hydrogens is 612 g/mol. The van der Waals surface area contributed by atoms with Gasteiger partial charge in [0.2, 0.25) is 17.7 Å². The van der Waals surface area contributed by atoms with E-state index in [1.165, 1.54) is 23.5 Å². The highest BCUT2D eigenvalue weighted by atomic mass is 35.5. The van der Waals surface area contributed by atoms with Gasteiger partial charge in [-0.05, 0) is 45.5 Å². The average molecular weight is 651 g/mol. The van der Waals surface area contributed by atoms with E-state index in [1.54, 1.807) is 38.7 Å². The SMILES string of the molecule is CC(=N)N1C(=N)C(CC(=O)N2CCN(C(=O)/C=C/C(=O)N3CCN(C)CC3)CC2)N=C(c2ccc(Cl)cc2)c2c1sc(C)c2C. The van der Waals surface area contributed by atoms with Crippen molar-refractivity contribution in [2.24, 2.45) is 4.99 Å². The predicted octanol–water partition coefficient (Wildman–Crippen LogP) is 3.41. The summed E-state index contributed by atoms with van der Waals surface area (Å²) in [6.45, 7) is 9.96. The molecule has 1 unspecified atom stereocenters. The number of fused-ring (bicyclic) bond motifs is 1. The molecule has 3 amide bonds. The van der Waals surface area contributed by atoms with Crippen molar-refractivity contribution in [3.8, 4) is 0 Å². The van der Waals surface area contributed by atoms with Crippen LogP contribution in [0.3, 0.4) is 0 Å². The molecule has 3 aliphatic rings. The van der Waals surface area contributed by atoms with Gasteiger partial charge in [-0.2, -0.15) is 0 Å². The Kier molecular flexibility index (Phi) is 9.85. The molecule has 1 aromatic heterocycles. The van der Waals surface area contributed by atoms with E-state index in [9.17, 15) is 14.4 Å². The summed E-state index contributed by atoms with van der Waals surface area (Å²) in [5.74, 6) is -0.326. The molecule has 2 fully saturated rings. The number of aryl methyl sites for hydroxylation is 1. The van der Waals surface area contributed by atoms with Crippen molar-refractivity contribution in [3.63, 3.8) is 0 Å². The van der Waals surface area contributed by atoms with Crippen molar-refractivity contribution in [1.82, 2.24) is 19.6 Å². The second kappa shape index (κ2) is 13.6. The van der Waals surface area contributed by atoms with E-state index in [-0.39, 0.29) is 35.8 Å². The smallest absolute Gasteiger partial charge is 0.246 e. The highest BCUT2D eigenvalue weighted by Crippen LogP contribution is 2.40. The molecule has 2 N–H and O–H groups in total. The van der Waals surface area contributed by atoms with Gasteiger partial charge >= 0.3 is 0 Å². The third-order valence-corrected chi connectivity index (χ3v) is 10.0. The minimum atomic E-state index is -0.814. The molecule has 2 aromatic rings. The molecular formula is C32H39ClN8O3S. The minimum absolute atomic E-state index is 0.0416. The summed E-state index contributed by atoms with van der Waals surface area (Å²) in [4.78, 5) is 53.9. The highest BCUT2D eigenvalue weighted by Gasteiger charge is 2.36. The van der Waals surface area contributed by atoms with Crippen LogP contribution in [0.1, 0.15) is 34.9 Å². The highest BCUT2D eigenvalue weighted by molar-refractivity contribution is 7.17. The van der Waals surface area contributed by atoms with Crippen molar-refractivity contribution in [2.45, 2.75) is 33.2 Å². The van der Waals surface area contributed by atoms with Crippen LogP contribution in [0.5, 0.6) is 0 Å². The third-order valence-electron chi connectivity index (χ3n) is 8.60. The van der Waals surface area contributed by atoms with E-state index in [0.717, 1.165) is 39.7 Å². The molecule has 45 heavy (non-hydrogen) atoms. The van der Waals surface area contributed by atoms with E-state index in [4.69, 9.17) is 27.4 Å². The van der Waals surface area contributed by atoms with Gasteiger partial charge in [-0.3, -0.25) is 35.1 Å². The molecule has 5 rings (SSSR count). The van der Waals surface area contributed by atoms with Crippen LogP contribution in [0.15, 0.2) is 41.4 Å². The van der Waals surface area contributed by atoms with Gasteiger partial charge in [0.15, 0.2) is 0 Å². The zero-order chi connectivity index (χ0) is 32.4. The van der Waals surface area contributed by atoms with Crippen LogP contribution in [0, 0.1) is 24.7 Å². The molecule has 238 valence electrons. The summed E-state index contributed by atoms with van der Waals surface area (Å²) >= 11 is 7.69. The van der Waals surface area contributed by atoms with Crippen LogP contribution in [0.25, 0.3) is 0 Å². The fourth-order valence-electron chi connectivity index (χ4n) is 5.74. The van der Waals surface area contributed by atoms with E-state index in [2.05, 4.69) is 4.90 Å². The fourth-order valence-corrected chi connectivity index (χ4v) is 7.09. The molecule has 0 saturated carbocycles. The predicted molar refractivity (Wildman–Crippen MR) is 179 cm³/mol. The molecule has 3 aliphatic heterocycles. The Hall–Kier alpha value is -3.87. The first-order chi connectivity index (χ1) is 21.4. The molecule has 0 spiro atoms. The Balaban J connectivity index is 1.29. The average Bonchev–Trinajstić information content (AvgIpc) is 3.24. The lowest BCUT2D eigenvalue weighted by molar-refractivity contribution is -0.137. The second-order valence-electron chi connectivity index (χ2n) is 11.6. The number of thiophene rings is 1. The maximum absolute atomic E-state index is 13.6. The van der Waals surface area contributed by atoms with Crippen LogP contribution in [-0.4, -0.2) is 120 Å². The van der Waals surface area contributed by atoms with Crippen LogP contribution >= 0.6 is 22.9 Å². The number of rotatable bonds is 5. The first-order valence-corrected chi connectivity index (χ1v) is 16.2. The summed E-state index contributed by atoms with van der Waals surface area (Å²) in [5.41, 5.74) is 3.37. The first kappa shape index (κ1) is 32.5. The lowest BCUT2D eigenvalue weighted by Crippen LogP contribution is -2.51. The van der Waals surface area contributed by atoms with E-state index in [0.29, 0.717) is 50.0 Å². The number of hydrogen-bond acceptors (Lipinski definition) is 8. The molecule has 0 aliphatic carbocycles. The van der Waals surface area contributed by atoms with Gasteiger partial charge in [-0.15, -0.1) is 11.3 Å². The topological polar surface area (TPSA) is 127 Å². The van der Waals surface area contributed by atoms with Gasteiger partial charge in [0.25, 0.3) is 0 Å². The Morgan fingerprint density at radius 3 is 2.02 bits per heavy atom. The van der Waals surface area contributed by atoms with Crippen LogP contribution < -0.4 is 4.90 Å². The molecule has 1 aromatic carbocycles. The van der Waals surface area contributed by atoms with Gasteiger partial charge in [-0.1, -0.05) is 23.7 Å². The number of aliphatic imine (C=N–C) groups is 1. The Morgan fingerprint density at radius 1 is 0.933 bits per heavy atom. The van der Waals surface area contributed by atoms with Gasteiger partial charge in [0.05, 0.1) is 12.1 Å². The number of hydrogen-bond donors (Lipinski definition) is 2. The number of likely N-dealkylation sites (N-methyl/N-ethyl adjacent to an activating group) is 1. The quantitative estimate of drug-likeness (QED) is 0.291. The number of halogens is 1. The van der Waals surface area contributed by atoms with E-state index < -0.39 is 6.04 Å². The van der Waals surface area contributed by atoms with Crippen molar-refractivity contribution >= 4 is 63.0 Å². The van der Waals surface area contributed by atoms with Crippen LogP contribution in [0.2, 0.25) is 5.02 Å². The normalized spacial score (nSPS) is 19.4. The standard InChI is InChI=1S/C32H39ClN8O3S/c1-20-21(2)45-32-29(20)30(23-5-7-24(33)8-6-23)36-25(31(35)41(32)22(3)34)19-28(44)40-17-15-39(16-18-40)27(43)10-9-26(42)38-13-11-37(4)12-14-38/h5-10,25,34-35H,11-19H2,1-4H3/b10-9+,34-22?,35-31?. The summed E-state index contributed by atoms with van der Waals surface area (Å²) in [7, 11) is 2.02. The monoisotopic (exact) mass is 650 g/mol. The molecule has 2 saturated heterocycles. The summed E-state index contributed by atoms with van der Waals surface area (Å²) < 4.78 is 0. The number of nitrogens with one attached hydrogen (secondary N) is 2. The van der Waals surface area contributed by atoms with Crippen molar-refractivity contribution in [3.05, 3.63) is 63.0 Å². The largest absolute Gasteiger partial charge is 0.339 e. The number of benzene rings is 1. The maximum atomic E-state index is 13.6. The molecule has 0 bridgehead atoms. The molecule has 1 atom stereocenters. The number of carbonyl (C=O) groups is 3. The lowest BCUT2D eigenvalue weighted by Gasteiger charge is -2.35. The van der Waals surface area contributed by atoms with Crippen molar-refractivity contribution in [1.29, 1.82) is 10.8 Å². The summed E-state index contributed by atoms with van der Waals surface area (Å²) in [6, 6.07) is 6.54. The number of piperazine rings is 2. The fraction of sp³-hybridized carbons (Fsp3) is 0.438. The summed E-state index contributed by atoms with van der Waals surface area (Å²) in [6.07, 6.45) is 2.63. The number of carbonyl (C=O) groups excluding carboxylic acids is 3. The molecule has 11 nitrogen and oxygen atoms in total. The number of amidine groups is 2. The van der Waals surface area contributed by atoms with Gasteiger partial charge < -0.3 is 19.6 Å². The van der Waals surface area contributed by atoms with Gasteiger partial charge in [-0.25, -0.2) is 0 Å². The van der Waals surface area contributed by atoms with Crippen molar-refractivity contribution < 1.29 is 14.4 Å². The van der Waals surface area contributed by atoms with Crippen LogP contribution in [-0.2, 0) is 14.4 Å². The Morgan fingerprint density at radius 2 is 1.47 bits per heavy atom. The first-order valence-electron chi connectivity index (χ1n) is 15.0. The number of anilines is 1. The summed E-state index contributed by atoms with van der Waals surface area (Å²) in [5, 5.41) is 19.0. The Labute approximate surface area is 272 Å². The van der Waals surface area contributed by atoms with Crippen LogP contribution in [0.4, 0.5) is 5.00 Å². The number of nitrogens with zero attached hydrogens (tertiary/aromatic N) is 6. The zero-order valence-electron chi connectivity index (χ0n) is 26.1. The Bertz CT molecular complexity index is 1570. The van der Waals surface area contributed by atoms with Gasteiger partial charge in [0, 0.05) is 85.5 Å². The number of amides is 3. The minimum Gasteiger partial charge on any atom is -0.339 e. The zero-order valence-corrected chi connectivity index (χ0v) is 27.7.